The Morgan fingerprint density at radius 2 is 2.04 bits per heavy atom. The normalized spacial score (nSPS) is 18.8. The first-order valence-corrected chi connectivity index (χ1v) is 8.98. The summed E-state index contributed by atoms with van der Waals surface area (Å²) in [7, 11) is 0. The number of aromatic nitrogens is 4. The van der Waals surface area contributed by atoms with E-state index in [4.69, 9.17) is 0 Å². The molecule has 1 aliphatic heterocycles. The van der Waals surface area contributed by atoms with Crippen LogP contribution in [-0.4, -0.2) is 56.7 Å². The lowest BCUT2D eigenvalue weighted by Gasteiger charge is -2.40. The van der Waals surface area contributed by atoms with E-state index in [-0.39, 0.29) is 0 Å². The second kappa shape index (κ2) is 7.19. The molecule has 4 rings (SSSR count). The molecule has 25 heavy (non-hydrogen) atoms. The summed E-state index contributed by atoms with van der Waals surface area (Å²) in [6.07, 6.45) is 7.80. The van der Waals surface area contributed by atoms with Gasteiger partial charge in [-0.05, 0) is 31.9 Å². The highest BCUT2D eigenvalue weighted by Gasteiger charge is 2.26. The summed E-state index contributed by atoms with van der Waals surface area (Å²) in [4.78, 5) is 9.49. The number of hydrogen-bond acceptors (Lipinski definition) is 5. The largest absolute Gasteiger partial charge is 0.348 e. The van der Waals surface area contributed by atoms with Crippen LogP contribution in [0, 0.1) is 0 Å². The average molecular weight is 336 g/mol. The van der Waals surface area contributed by atoms with E-state index >= 15 is 0 Å². The van der Waals surface area contributed by atoms with E-state index in [9.17, 15) is 0 Å². The Labute approximate surface area is 148 Å². The Morgan fingerprint density at radius 1 is 1.16 bits per heavy atom. The first-order chi connectivity index (χ1) is 12.3. The SMILES string of the molecule is C[C@@H]1CN(CCCc2ccccc2)CCN1c1nccn2cnnc12. The first-order valence-electron chi connectivity index (χ1n) is 8.98. The quantitative estimate of drug-likeness (QED) is 0.715. The summed E-state index contributed by atoms with van der Waals surface area (Å²) >= 11 is 0. The van der Waals surface area contributed by atoms with Gasteiger partial charge in [-0.1, -0.05) is 30.3 Å². The summed E-state index contributed by atoms with van der Waals surface area (Å²) in [5, 5.41) is 8.23. The molecule has 130 valence electrons. The van der Waals surface area contributed by atoms with Crippen molar-refractivity contribution in [2.45, 2.75) is 25.8 Å². The predicted molar refractivity (Wildman–Crippen MR) is 98.8 cm³/mol. The summed E-state index contributed by atoms with van der Waals surface area (Å²) in [6.45, 7) is 6.52. The van der Waals surface area contributed by atoms with Gasteiger partial charge in [0.2, 0.25) is 5.65 Å². The van der Waals surface area contributed by atoms with Gasteiger partial charge in [-0.2, -0.15) is 0 Å². The molecule has 3 heterocycles. The van der Waals surface area contributed by atoms with E-state index in [1.807, 2.05) is 16.8 Å². The molecule has 2 aromatic heterocycles. The van der Waals surface area contributed by atoms with Crippen molar-refractivity contribution in [3.63, 3.8) is 0 Å². The minimum Gasteiger partial charge on any atom is -0.348 e. The molecular formula is C19H24N6. The molecular weight excluding hydrogens is 312 g/mol. The number of anilines is 1. The maximum Gasteiger partial charge on any atom is 0.203 e. The highest BCUT2D eigenvalue weighted by atomic mass is 15.3. The van der Waals surface area contributed by atoms with Gasteiger partial charge in [0.25, 0.3) is 0 Å². The van der Waals surface area contributed by atoms with Crippen LogP contribution in [0.4, 0.5) is 5.82 Å². The second-order valence-corrected chi connectivity index (χ2v) is 6.74. The van der Waals surface area contributed by atoms with Crippen molar-refractivity contribution < 1.29 is 0 Å². The van der Waals surface area contributed by atoms with Gasteiger partial charge >= 0.3 is 0 Å². The Morgan fingerprint density at radius 3 is 2.88 bits per heavy atom. The number of nitrogens with zero attached hydrogens (tertiary/aromatic N) is 6. The Hall–Kier alpha value is -2.47. The summed E-state index contributed by atoms with van der Waals surface area (Å²) in [6, 6.07) is 11.2. The number of piperazine rings is 1. The van der Waals surface area contributed by atoms with Crippen LogP contribution in [0.5, 0.6) is 0 Å². The number of fused-ring (bicyclic) bond motifs is 1. The summed E-state index contributed by atoms with van der Waals surface area (Å²) < 4.78 is 1.93. The number of hydrogen-bond donors (Lipinski definition) is 0. The van der Waals surface area contributed by atoms with Crippen LogP contribution in [0.15, 0.2) is 49.1 Å². The van der Waals surface area contributed by atoms with Gasteiger partial charge in [-0.3, -0.25) is 9.30 Å². The third-order valence-electron chi connectivity index (χ3n) is 4.96. The van der Waals surface area contributed by atoms with E-state index in [0.717, 1.165) is 44.1 Å². The average Bonchev–Trinajstić information content (AvgIpc) is 3.12. The van der Waals surface area contributed by atoms with Gasteiger partial charge in [0, 0.05) is 38.1 Å². The minimum absolute atomic E-state index is 0.417. The van der Waals surface area contributed by atoms with Gasteiger partial charge in [-0.25, -0.2) is 4.98 Å². The highest BCUT2D eigenvalue weighted by molar-refractivity contribution is 5.63. The van der Waals surface area contributed by atoms with Crippen LogP contribution in [-0.2, 0) is 6.42 Å². The molecule has 1 aromatic carbocycles. The first kappa shape index (κ1) is 16.0. The van der Waals surface area contributed by atoms with Crippen LogP contribution >= 0.6 is 0 Å². The van der Waals surface area contributed by atoms with E-state index in [2.05, 4.69) is 62.2 Å². The summed E-state index contributed by atoms with van der Waals surface area (Å²) in [5.41, 5.74) is 2.27. The van der Waals surface area contributed by atoms with Gasteiger partial charge in [-0.15, -0.1) is 10.2 Å². The standard InChI is InChI=1S/C19H24N6/c1-16-14-23(10-5-8-17-6-3-2-4-7-17)12-13-25(16)18-19-22-21-15-24(19)11-9-20-18/h2-4,6-7,9,11,15-16H,5,8,10,12-14H2,1H3/t16-/m1/s1. The van der Waals surface area contributed by atoms with Gasteiger partial charge < -0.3 is 4.90 Å². The smallest absolute Gasteiger partial charge is 0.203 e. The van der Waals surface area contributed by atoms with Crippen molar-refractivity contribution in [3.8, 4) is 0 Å². The van der Waals surface area contributed by atoms with Gasteiger partial charge in [0.1, 0.15) is 6.33 Å². The molecule has 0 saturated carbocycles. The van der Waals surface area contributed by atoms with Crippen LogP contribution in [0.25, 0.3) is 5.65 Å². The molecule has 0 radical (unpaired) electrons. The van der Waals surface area contributed by atoms with Crippen molar-refractivity contribution >= 4 is 11.5 Å². The molecule has 0 N–H and O–H groups in total. The molecule has 6 nitrogen and oxygen atoms in total. The van der Waals surface area contributed by atoms with Crippen LogP contribution < -0.4 is 4.90 Å². The maximum atomic E-state index is 4.56. The highest BCUT2D eigenvalue weighted by Crippen LogP contribution is 2.22. The zero-order valence-corrected chi connectivity index (χ0v) is 14.6. The van der Waals surface area contributed by atoms with Gasteiger partial charge in [0.05, 0.1) is 0 Å². The van der Waals surface area contributed by atoms with Crippen molar-refractivity contribution in [3.05, 3.63) is 54.6 Å². The summed E-state index contributed by atoms with van der Waals surface area (Å²) in [5.74, 6) is 0.941. The topological polar surface area (TPSA) is 49.6 Å². The number of benzene rings is 1. The Kier molecular flexibility index (Phi) is 4.61. The molecule has 6 heteroatoms. The second-order valence-electron chi connectivity index (χ2n) is 6.74. The van der Waals surface area contributed by atoms with Crippen molar-refractivity contribution in [2.24, 2.45) is 0 Å². The lowest BCUT2D eigenvalue weighted by atomic mass is 10.1. The monoisotopic (exact) mass is 336 g/mol. The third kappa shape index (κ3) is 3.49. The molecule has 3 aromatic rings. The molecule has 1 saturated heterocycles. The predicted octanol–water partition coefficient (Wildman–Crippen LogP) is 2.27. The molecule has 0 unspecified atom stereocenters. The van der Waals surface area contributed by atoms with Crippen molar-refractivity contribution in [1.29, 1.82) is 0 Å². The Bertz CT molecular complexity index is 815. The van der Waals surface area contributed by atoms with Crippen LogP contribution in [0.2, 0.25) is 0 Å². The Balaban J connectivity index is 1.35. The fourth-order valence-electron chi connectivity index (χ4n) is 3.65. The maximum absolute atomic E-state index is 4.56. The zero-order valence-electron chi connectivity index (χ0n) is 14.6. The lowest BCUT2D eigenvalue weighted by molar-refractivity contribution is 0.226. The molecule has 0 bridgehead atoms. The minimum atomic E-state index is 0.417. The van der Waals surface area contributed by atoms with Gasteiger partial charge in [0.15, 0.2) is 5.82 Å². The van der Waals surface area contributed by atoms with E-state index in [1.165, 1.54) is 12.0 Å². The third-order valence-corrected chi connectivity index (χ3v) is 4.96. The van der Waals surface area contributed by atoms with E-state index in [0.29, 0.717) is 6.04 Å². The molecule has 1 fully saturated rings. The van der Waals surface area contributed by atoms with Crippen LogP contribution in [0.3, 0.4) is 0 Å². The van der Waals surface area contributed by atoms with Crippen molar-refractivity contribution in [1.82, 2.24) is 24.5 Å². The number of aryl methyl sites for hydroxylation is 1. The molecule has 0 aliphatic carbocycles. The van der Waals surface area contributed by atoms with Crippen LogP contribution in [0.1, 0.15) is 18.9 Å². The molecule has 0 spiro atoms. The van der Waals surface area contributed by atoms with E-state index < -0.39 is 0 Å². The van der Waals surface area contributed by atoms with Crippen molar-refractivity contribution in [2.75, 3.05) is 31.1 Å². The lowest BCUT2D eigenvalue weighted by Crippen LogP contribution is -2.52. The molecule has 0 amide bonds. The molecule has 1 aliphatic rings. The molecule has 1 atom stereocenters. The number of rotatable bonds is 5. The zero-order chi connectivity index (χ0) is 17.1. The van der Waals surface area contributed by atoms with E-state index in [1.54, 1.807) is 6.33 Å². The fourth-order valence-corrected chi connectivity index (χ4v) is 3.65. The fraction of sp³-hybridized carbons (Fsp3) is 0.421.